The molecule has 0 aliphatic carbocycles. The number of hydrogen-bond acceptors (Lipinski definition) is 7. The van der Waals surface area contributed by atoms with E-state index in [1.165, 1.54) is 22.4 Å². The fourth-order valence-electron chi connectivity index (χ4n) is 4.82. The third kappa shape index (κ3) is 6.66. The number of piperidine rings is 1. The third-order valence-corrected chi connectivity index (χ3v) is 6.64. The Morgan fingerprint density at radius 2 is 2.00 bits per heavy atom. The van der Waals surface area contributed by atoms with Gasteiger partial charge in [-0.1, -0.05) is 42.5 Å². The first-order valence-electron chi connectivity index (χ1n) is 12.8. The molecular formula is C28H33N5O3. The Morgan fingerprint density at radius 1 is 1.08 bits per heavy atom. The van der Waals surface area contributed by atoms with Crippen molar-refractivity contribution in [3.8, 4) is 0 Å². The first-order chi connectivity index (χ1) is 17.7. The molecule has 3 heterocycles. The first kappa shape index (κ1) is 24.4. The molecule has 2 atom stereocenters. The van der Waals surface area contributed by atoms with Crippen LogP contribution in [0.5, 0.6) is 0 Å². The van der Waals surface area contributed by atoms with Gasteiger partial charge < -0.3 is 10.1 Å². The topological polar surface area (TPSA) is 88.6 Å². The van der Waals surface area contributed by atoms with E-state index < -0.39 is 0 Å². The van der Waals surface area contributed by atoms with Crippen LogP contribution in [0.2, 0.25) is 0 Å². The highest BCUT2D eigenvalue weighted by Crippen LogP contribution is 2.22. The Labute approximate surface area is 211 Å². The van der Waals surface area contributed by atoms with Gasteiger partial charge in [0.25, 0.3) is 5.91 Å². The van der Waals surface area contributed by atoms with Crippen LogP contribution in [0.1, 0.15) is 43.4 Å². The van der Waals surface area contributed by atoms with Gasteiger partial charge >= 0.3 is 0 Å². The molecule has 2 aromatic carbocycles. The van der Waals surface area contributed by atoms with Crippen molar-refractivity contribution in [2.75, 3.05) is 25.0 Å². The van der Waals surface area contributed by atoms with Crippen LogP contribution in [0.3, 0.4) is 0 Å². The zero-order valence-corrected chi connectivity index (χ0v) is 20.4. The van der Waals surface area contributed by atoms with Crippen LogP contribution in [0.25, 0.3) is 16.8 Å². The van der Waals surface area contributed by atoms with E-state index in [1.54, 1.807) is 18.5 Å². The number of anilines is 1. The molecule has 2 fully saturated rings. The number of ether oxygens (including phenoxy) is 1. The molecule has 2 aliphatic heterocycles. The quantitative estimate of drug-likeness (QED) is 0.362. The number of carbonyl (C=O) groups is 1. The predicted octanol–water partition coefficient (Wildman–Crippen LogP) is 4.29. The number of rotatable bonds is 8. The van der Waals surface area contributed by atoms with E-state index in [0.29, 0.717) is 18.3 Å². The van der Waals surface area contributed by atoms with Gasteiger partial charge in [-0.25, -0.2) is 15.3 Å². The fraction of sp³-hybridized carbons (Fsp3) is 0.393. The molecule has 2 saturated heterocycles. The van der Waals surface area contributed by atoms with Gasteiger partial charge in [0.05, 0.1) is 18.1 Å². The molecule has 1 unspecified atom stereocenters. The molecule has 0 radical (unpaired) electrons. The number of amides is 1. The summed E-state index contributed by atoms with van der Waals surface area (Å²) < 4.78 is 5.43. The summed E-state index contributed by atoms with van der Waals surface area (Å²) in [4.78, 5) is 28.7. The SMILES string of the molecule is O=C(/C=C/c1cnc(N[C@@H]2CCCN(Cc3cccc4ccccc34)C2)cn1)NOC1CCCCO1. The molecule has 1 aromatic heterocycles. The molecule has 2 aliphatic rings. The van der Waals surface area contributed by atoms with Crippen molar-refractivity contribution in [1.29, 1.82) is 0 Å². The maximum Gasteiger partial charge on any atom is 0.267 e. The summed E-state index contributed by atoms with van der Waals surface area (Å²) in [6, 6.07) is 15.4. The lowest BCUT2D eigenvalue weighted by molar-refractivity contribution is -0.198. The number of nitrogens with zero attached hydrogens (tertiary/aromatic N) is 3. The zero-order valence-electron chi connectivity index (χ0n) is 20.4. The maximum atomic E-state index is 12.0. The Kier molecular flexibility index (Phi) is 8.17. The Bertz CT molecular complexity index is 1170. The molecule has 8 nitrogen and oxygen atoms in total. The van der Waals surface area contributed by atoms with Crippen LogP contribution in [0.4, 0.5) is 5.82 Å². The Balaban J connectivity index is 1.10. The Morgan fingerprint density at radius 3 is 2.86 bits per heavy atom. The van der Waals surface area contributed by atoms with E-state index in [0.717, 1.165) is 57.6 Å². The van der Waals surface area contributed by atoms with Gasteiger partial charge in [-0.2, -0.15) is 0 Å². The van der Waals surface area contributed by atoms with Crippen LogP contribution in [-0.2, 0) is 20.9 Å². The second kappa shape index (κ2) is 12.1. The monoisotopic (exact) mass is 487 g/mol. The predicted molar refractivity (Wildman–Crippen MR) is 140 cm³/mol. The molecule has 5 rings (SSSR count). The van der Waals surface area contributed by atoms with E-state index in [1.807, 2.05) is 0 Å². The van der Waals surface area contributed by atoms with Crippen molar-refractivity contribution in [1.82, 2.24) is 20.3 Å². The zero-order chi connectivity index (χ0) is 24.6. The van der Waals surface area contributed by atoms with Crippen LogP contribution < -0.4 is 10.8 Å². The third-order valence-electron chi connectivity index (χ3n) is 6.64. The number of likely N-dealkylation sites (tertiary alicyclic amines) is 1. The van der Waals surface area contributed by atoms with E-state index in [9.17, 15) is 4.79 Å². The number of fused-ring (bicyclic) bond motifs is 1. The summed E-state index contributed by atoms with van der Waals surface area (Å²) in [5.74, 6) is 0.382. The fourth-order valence-corrected chi connectivity index (χ4v) is 4.82. The number of hydroxylamine groups is 1. The number of hydrogen-bond donors (Lipinski definition) is 2. The highest BCUT2D eigenvalue weighted by atomic mass is 16.8. The van der Waals surface area contributed by atoms with Gasteiger partial charge in [0.2, 0.25) is 0 Å². The number of aromatic nitrogens is 2. The smallest absolute Gasteiger partial charge is 0.267 e. The van der Waals surface area contributed by atoms with Crippen molar-refractivity contribution in [3.05, 3.63) is 72.2 Å². The maximum absolute atomic E-state index is 12.0. The van der Waals surface area contributed by atoms with Gasteiger partial charge in [-0.05, 0) is 54.6 Å². The largest absolute Gasteiger partial charge is 0.365 e. The van der Waals surface area contributed by atoms with E-state index in [-0.39, 0.29) is 12.2 Å². The molecular weight excluding hydrogens is 454 g/mol. The van der Waals surface area contributed by atoms with Crippen LogP contribution in [-0.4, -0.2) is 52.8 Å². The minimum absolute atomic E-state index is 0.314. The van der Waals surface area contributed by atoms with Gasteiger partial charge in [-0.15, -0.1) is 0 Å². The minimum atomic E-state index is -0.371. The second-order valence-electron chi connectivity index (χ2n) is 9.40. The molecule has 3 aromatic rings. The summed E-state index contributed by atoms with van der Waals surface area (Å²) in [6.07, 6.45) is 11.1. The van der Waals surface area contributed by atoms with Gasteiger partial charge in [-0.3, -0.25) is 14.7 Å². The van der Waals surface area contributed by atoms with Crippen molar-refractivity contribution in [2.24, 2.45) is 0 Å². The Hall–Kier alpha value is -3.33. The summed E-state index contributed by atoms with van der Waals surface area (Å²) in [5.41, 5.74) is 4.37. The molecule has 1 amide bonds. The molecule has 0 saturated carbocycles. The summed E-state index contributed by atoms with van der Waals surface area (Å²) in [6.45, 7) is 3.65. The molecule has 8 heteroatoms. The molecule has 2 N–H and O–H groups in total. The summed E-state index contributed by atoms with van der Waals surface area (Å²) in [5, 5.41) is 6.14. The summed E-state index contributed by atoms with van der Waals surface area (Å²) >= 11 is 0. The lowest BCUT2D eigenvalue weighted by Crippen LogP contribution is -2.41. The lowest BCUT2D eigenvalue weighted by atomic mass is 10.0. The normalized spacial score (nSPS) is 21.0. The molecule has 36 heavy (non-hydrogen) atoms. The average molecular weight is 488 g/mol. The first-order valence-corrected chi connectivity index (χ1v) is 12.8. The van der Waals surface area contributed by atoms with Crippen molar-refractivity contribution >= 4 is 28.6 Å². The van der Waals surface area contributed by atoms with Gasteiger partial charge in [0.15, 0.2) is 6.29 Å². The van der Waals surface area contributed by atoms with E-state index in [4.69, 9.17) is 9.57 Å². The van der Waals surface area contributed by atoms with Gasteiger partial charge in [0.1, 0.15) is 5.82 Å². The molecule has 188 valence electrons. The van der Waals surface area contributed by atoms with E-state index in [2.05, 4.69) is 68.1 Å². The minimum Gasteiger partial charge on any atom is -0.365 e. The van der Waals surface area contributed by atoms with Crippen LogP contribution in [0, 0.1) is 0 Å². The average Bonchev–Trinajstić information content (AvgIpc) is 2.92. The second-order valence-corrected chi connectivity index (χ2v) is 9.40. The highest BCUT2D eigenvalue weighted by Gasteiger charge is 2.21. The molecule has 0 spiro atoms. The lowest BCUT2D eigenvalue weighted by Gasteiger charge is -2.33. The highest BCUT2D eigenvalue weighted by molar-refractivity contribution is 5.90. The standard InChI is InChI=1S/C28H33N5O3/c34-27(32-36-28-12-3-4-16-35-28)14-13-23-17-30-26(18-29-23)31-24-10-6-15-33(20-24)19-22-9-5-8-21-7-1-2-11-25(21)22/h1-2,5,7-9,11,13-14,17-18,24,28H,3-4,6,10,12,15-16,19-20H2,(H,30,31)(H,32,34)/b14-13+/t24-,28?/m1/s1. The number of nitrogens with one attached hydrogen (secondary N) is 2. The van der Waals surface area contributed by atoms with Crippen molar-refractivity contribution < 1.29 is 14.4 Å². The summed E-state index contributed by atoms with van der Waals surface area (Å²) in [7, 11) is 0. The van der Waals surface area contributed by atoms with Crippen molar-refractivity contribution in [2.45, 2.75) is 51.0 Å². The van der Waals surface area contributed by atoms with E-state index >= 15 is 0 Å². The number of benzene rings is 2. The molecule has 0 bridgehead atoms. The van der Waals surface area contributed by atoms with Crippen LogP contribution >= 0.6 is 0 Å². The van der Waals surface area contributed by atoms with Gasteiger partial charge in [0, 0.05) is 38.2 Å². The van der Waals surface area contributed by atoms with Crippen molar-refractivity contribution in [3.63, 3.8) is 0 Å². The number of carbonyl (C=O) groups excluding carboxylic acids is 1. The van der Waals surface area contributed by atoms with Crippen LogP contribution in [0.15, 0.2) is 60.9 Å².